The molecule has 0 aliphatic carbocycles. The molecule has 1 aliphatic rings. The standard InChI is InChI=1S/C3H5N3O2/c7-3(8)2-1-4-6-5-2/h2H,1H2,(H,4,5)(H,7,8). The number of carbonyl (C=O) groups is 1. The van der Waals surface area contributed by atoms with Gasteiger partial charge in [-0.15, -0.1) is 0 Å². The van der Waals surface area contributed by atoms with Crippen molar-refractivity contribution in [3.8, 4) is 0 Å². The predicted octanol–water partition coefficient (Wildman–Crippen LogP) is -0.590. The van der Waals surface area contributed by atoms with E-state index in [-0.39, 0.29) is 6.54 Å². The highest BCUT2D eigenvalue weighted by atomic mass is 16.4. The number of nitrogens with one attached hydrogen (secondary N) is 1. The van der Waals surface area contributed by atoms with Gasteiger partial charge in [0.15, 0.2) is 6.04 Å². The Morgan fingerprint density at radius 3 is 2.88 bits per heavy atom. The molecule has 1 rings (SSSR count). The quantitative estimate of drug-likeness (QED) is 0.479. The third-order valence-corrected chi connectivity index (χ3v) is 0.847. The Kier molecular flexibility index (Phi) is 1.11. The Balaban J connectivity index is 2.41. The lowest BCUT2D eigenvalue weighted by Crippen LogP contribution is -2.31. The van der Waals surface area contributed by atoms with Crippen molar-refractivity contribution in [3.05, 3.63) is 0 Å². The van der Waals surface area contributed by atoms with E-state index < -0.39 is 12.0 Å². The maximum absolute atomic E-state index is 10.0. The Labute approximate surface area is 45.4 Å². The van der Waals surface area contributed by atoms with E-state index in [1.54, 1.807) is 0 Å². The minimum Gasteiger partial charge on any atom is -0.480 e. The first kappa shape index (κ1) is 5.02. The van der Waals surface area contributed by atoms with E-state index in [9.17, 15) is 4.79 Å². The van der Waals surface area contributed by atoms with Crippen LogP contribution in [0.25, 0.3) is 0 Å². The van der Waals surface area contributed by atoms with Crippen LogP contribution >= 0.6 is 0 Å². The van der Waals surface area contributed by atoms with Crippen molar-refractivity contribution in [1.29, 1.82) is 0 Å². The highest BCUT2D eigenvalue weighted by Crippen LogP contribution is 1.92. The second kappa shape index (κ2) is 1.77. The van der Waals surface area contributed by atoms with Crippen LogP contribution in [0.4, 0.5) is 0 Å². The van der Waals surface area contributed by atoms with Crippen LogP contribution in [0.3, 0.4) is 0 Å². The summed E-state index contributed by atoms with van der Waals surface area (Å²) in [7, 11) is 0. The zero-order valence-electron chi connectivity index (χ0n) is 4.03. The number of carboxylic acids is 1. The maximum atomic E-state index is 10.0. The summed E-state index contributed by atoms with van der Waals surface area (Å²) in [6, 6.07) is -0.602. The summed E-state index contributed by atoms with van der Waals surface area (Å²) in [6.45, 7) is 0.245. The molecule has 1 aliphatic heterocycles. The fraction of sp³-hybridized carbons (Fsp3) is 0.667. The molecule has 0 radical (unpaired) electrons. The third kappa shape index (κ3) is 0.749. The second-order valence-corrected chi connectivity index (χ2v) is 1.44. The maximum Gasteiger partial charge on any atom is 0.329 e. The van der Waals surface area contributed by atoms with Crippen LogP contribution in [0.15, 0.2) is 10.3 Å². The molecule has 0 aromatic rings. The normalized spacial score (nSPS) is 25.2. The Morgan fingerprint density at radius 1 is 1.88 bits per heavy atom. The van der Waals surface area contributed by atoms with Gasteiger partial charge in [-0.1, -0.05) is 5.22 Å². The molecular weight excluding hydrogens is 110 g/mol. The number of rotatable bonds is 1. The van der Waals surface area contributed by atoms with Gasteiger partial charge in [-0.05, 0) is 0 Å². The summed E-state index contributed by atoms with van der Waals surface area (Å²) in [6.07, 6.45) is 0. The predicted molar refractivity (Wildman–Crippen MR) is 24.3 cm³/mol. The summed E-state index contributed by atoms with van der Waals surface area (Å²) >= 11 is 0. The molecule has 8 heavy (non-hydrogen) atoms. The summed E-state index contributed by atoms with van der Waals surface area (Å²) < 4.78 is 0. The topological polar surface area (TPSA) is 74.0 Å². The van der Waals surface area contributed by atoms with E-state index in [0.717, 1.165) is 0 Å². The van der Waals surface area contributed by atoms with E-state index in [4.69, 9.17) is 5.11 Å². The van der Waals surface area contributed by atoms with Crippen molar-refractivity contribution in [1.82, 2.24) is 5.43 Å². The molecule has 1 heterocycles. The van der Waals surface area contributed by atoms with Gasteiger partial charge in [0.25, 0.3) is 0 Å². The Morgan fingerprint density at radius 2 is 2.62 bits per heavy atom. The fourth-order valence-corrected chi connectivity index (χ4v) is 0.407. The average molecular weight is 115 g/mol. The van der Waals surface area contributed by atoms with E-state index in [1.807, 2.05) is 0 Å². The van der Waals surface area contributed by atoms with Gasteiger partial charge in [0, 0.05) is 0 Å². The number of hydrogen-bond acceptors (Lipinski definition) is 4. The molecule has 5 nitrogen and oxygen atoms in total. The molecule has 5 heteroatoms. The molecule has 2 N–H and O–H groups in total. The SMILES string of the molecule is O=C(O)C1CN=NN1. The zero-order chi connectivity index (χ0) is 5.98. The number of nitrogens with zero attached hydrogens (tertiary/aromatic N) is 2. The van der Waals surface area contributed by atoms with Gasteiger partial charge in [0.1, 0.15) is 0 Å². The summed E-state index contributed by atoms with van der Waals surface area (Å²) in [5.41, 5.74) is 2.31. The van der Waals surface area contributed by atoms with Crippen LogP contribution in [-0.4, -0.2) is 23.7 Å². The largest absolute Gasteiger partial charge is 0.480 e. The lowest BCUT2D eigenvalue weighted by molar-refractivity contribution is -0.138. The van der Waals surface area contributed by atoms with Gasteiger partial charge >= 0.3 is 5.97 Å². The van der Waals surface area contributed by atoms with Gasteiger partial charge in [-0.3, -0.25) is 5.43 Å². The van der Waals surface area contributed by atoms with Crippen LogP contribution < -0.4 is 5.43 Å². The minimum atomic E-state index is -0.907. The average Bonchev–Trinajstić information content (AvgIpc) is 2.12. The molecule has 0 amide bonds. The zero-order valence-corrected chi connectivity index (χ0v) is 4.03. The summed E-state index contributed by atoms with van der Waals surface area (Å²) in [5.74, 6) is -0.907. The molecule has 1 unspecified atom stereocenters. The van der Waals surface area contributed by atoms with Crippen molar-refractivity contribution in [2.75, 3.05) is 6.54 Å². The molecular formula is C3H5N3O2. The Bertz CT molecular complexity index is 124. The first-order chi connectivity index (χ1) is 3.80. The van der Waals surface area contributed by atoms with E-state index in [1.165, 1.54) is 0 Å². The number of carboxylic acid groups (broad SMARTS) is 1. The molecule has 0 saturated heterocycles. The van der Waals surface area contributed by atoms with Crippen molar-refractivity contribution in [3.63, 3.8) is 0 Å². The van der Waals surface area contributed by atoms with Crippen LogP contribution in [0.1, 0.15) is 0 Å². The first-order valence-electron chi connectivity index (χ1n) is 2.15. The molecule has 0 bridgehead atoms. The summed E-state index contributed by atoms with van der Waals surface area (Å²) in [5, 5.41) is 14.9. The van der Waals surface area contributed by atoms with Crippen LogP contribution in [0, 0.1) is 0 Å². The molecule has 0 aromatic carbocycles. The smallest absolute Gasteiger partial charge is 0.329 e. The second-order valence-electron chi connectivity index (χ2n) is 1.44. The van der Waals surface area contributed by atoms with Crippen molar-refractivity contribution < 1.29 is 9.90 Å². The van der Waals surface area contributed by atoms with E-state index >= 15 is 0 Å². The Hall–Kier alpha value is -1.13. The fourth-order valence-electron chi connectivity index (χ4n) is 0.407. The van der Waals surface area contributed by atoms with Gasteiger partial charge in [0.2, 0.25) is 0 Å². The van der Waals surface area contributed by atoms with Gasteiger partial charge < -0.3 is 5.11 Å². The minimum absolute atomic E-state index is 0.245. The highest BCUT2D eigenvalue weighted by Gasteiger charge is 2.18. The third-order valence-electron chi connectivity index (χ3n) is 0.847. The van der Waals surface area contributed by atoms with Crippen LogP contribution in [0.2, 0.25) is 0 Å². The number of hydrogen-bond donors (Lipinski definition) is 2. The first-order valence-corrected chi connectivity index (χ1v) is 2.15. The van der Waals surface area contributed by atoms with Crippen molar-refractivity contribution in [2.24, 2.45) is 10.3 Å². The summed E-state index contributed by atoms with van der Waals surface area (Å²) in [4.78, 5) is 10.0. The molecule has 1 atom stereocenters. The van der Waals surface area contributed by atoms with E-state index in [0.29, 0.717) is 0 Å². The van der Waals surface area contributed by atoms with E-state index in [2.05, 4.69) is 15.8 Å². The van der Waals surface area contributed by atoms with Crippen molar-refractivity contribution >= 4 is 5.97 Å². The van der Waals surface area contributed by atoms with Crippen LogP contribution in [0.5, 0.6) is 0 Å². The molecule has 0 saturated carbocycles. The molecule has 0 spiro atoms. The lowest BCUT2D eigenvalue weighted by atomic mass is 10.3. The number of aliphatic carboxylic acids is 1. The molecule has 44 valence electrons. The monoisotopic (exact) mass is 115 g/mol. The van der Waals surface area contributed by atoms with Gasteiger partial charge in [-0.2, -0.15) is 5.11 Å². The van der Waals surface area contributed by atoms with Crippen LogP contribution in [-0.2, 0) is 4.79 Å². The van der Waals surface area contributed by atoms with Crippen molar-refractivity contribution in [2.45, 2.75) is 6.04 Å². The lowest BCUT2D eigenvalue weighted by Gasteiger charge is -1.96. The van der Waals surface area contributed by atoms with Gasteiger partial charge in [0.05, 0.1) is 6.54 Å². The molecule has 0 fully saturated rings. The molecule has 0 aromatic heterocycles. The highest BCUT2D eigenvalue weighted by molar-refractivity contribution is 5.73. The van der Waals surface area contributed by atoms with Gasteiger partial charge in [-0.25, -0.2) is 4.79 Å².